The molecule has 0 fully saturated rings. The van der Waals surface area contributed by atoms with Crippen LogP contribution in [-0.4, -0.2) is 32.2 Å². The third-order valence-electron chi connectivity index (χ3n) is 1.72. The molecule has 0 radical (unpaired) electrons. The van der Waals surface area contributed by atoms with E-state index in [1.165, 1.54) is 13.3 Å². The van der Waals surface area contributed by atoms with Gasteiger partial charge in [-0.1, -0.05) is 5.16 Å². The Hall–Kier alpha value is -1.10. The van der Waals surface area contributed by atoms with Gasteiger partial charge < -0.3 is 14.3 Å². The first-order valence-corrected chi connectivity index (χ1v) is 4.16. The molecule has 1 rings (SSSR count). The molecule has 0 saturated carbocycles. The van der Waals surface area contributed by atoms with Crippen LogP contribution in [0.2, 0.25) is 0 Å². The summed E-state index contributed by atoms with van der Waals surface area (Å²) in [5, 5.41) is 3.58. The lowest BCUT2D eigenvalue weighted by Gasteiger charge is -2.21. The summed E-state index contributed by atoms with van der Waals surface area (Å²) in [6.45, 7) is 2.39. The number of carbonyl (C=O) groups is 1. The average Bonchev–Trinajstić information content (AvgIpc) is 2.18. The molecule has 0 aromatic carbocycles. The zero-order chi connectivity index (χ0) is 9.68. The first kappa shape index (κ1) is 9.98. The van der Waals surface area contributed by atoms with Crippen molar-refractivity contribution in [3.63, 3.8) is 0 Å². The highest BCUT2D eigenvalue weighted by Gasteiger charge is 2.27. The molecular formula is C8H13NO4. The van der Waals surface area contributed by atoms with Crippen molar-refractivity contribution in [3.05, 3.63) is 0 Å². The van der Waals surface area contributed by atoms with Gasteiger partial charge in [0.2, 0.25) is 6.29 Å². The third kappa shape index (κ3) is 2.69. The van der Waals surface area contributed by atoms with Crippen molar-refractivity contribution in [1.29, 1.82) is 0 Å². The van der Waals surface area contributed by atoms with E-state index >= 15 is 0 Å². The summed E-state index contributed by atoms with van der Waals surface area (Å²) in [5.41, 5.74) is 0. The van der Waals surface area contributed by atoms with Gasteiger partial charge in [0.1, 0.15) is 5.92 Å². The molecule has 0 bridgehead atoms. The smallest absolute Gasteiger partial charge is 0.314 e. The first-order valence-electron chi connectivity index (χ1n) is 4.16. The topological polar surface area (TPSA) is 57.1 Å². The fraction of sp³-hybridized carbons (Fsp3) is 0.750. The molecule has 74 valence electrons. The minimum absolute atomic E-state index is 0.309. The van der Waals surface area contributed by atoms with Gasteiger partial charge in [0.15, 0.2) is 0 Å². The number of oxime groups is 1. The van der Waals surface area contributed by atoms with E-state index in [9.17, 15) is 4.79 Å². The van der Waals surface area contributed by atoms with Gasteiger partial charge in [-0.05, 0) is 6.92 Å². The number of carbonyl (C=O) groups excluding carboxylic acids is 1. The Bertz CT molecular complexity index is 204. The van der Waals surface area contributed by atoms with Gasteiger partial charge in [-0.2, -0.15) is 0 Å². The summed E-state index contributed by atoms with van der Waals surface area (Å²) in [7, 11) is 1.35. The van der Waals surface area contributed by atoms with E-state index < -0.39 is 6.29 Å². The van der Waals surface area contributed by atoms with Gasteiger partial charge in [0.05, 0.1) is 13.3 Å². The highest BCUT2D eigenvalue weighted by molar-refractivity contribution is 5.89. The first-order chi connectivity index (χ1) is 6.27. The predicted octanol–water partition coefficient (Wildman–Crippen LogP) is 0.544. The second-order valence-corrected chi connectivity index (χ2v) is 2.61. The lowest BCUT2D eigenvalue weighted by atomic mass is 10.1. The van der Waals surface area contributed by atoms with Gasteiger partial charge in [-0.3, -0.25) is 4.79 Å². The number of rotatable bonds is 3. The Labute approximate surface area is 76.6 Å². The summed E-state index contributed by atoms with van der Waals surface area (Å²) < 4.78 is 9.74. The van der Waals surface area contributed by atoms with Crippen LogP contribution in [0, 0.1) is 5.92 Å². The van der Waals surface area contributed by atoms with Crippen LogP contribution in [0.5, 0.6) is 0 Å². The van der Waals surface area contributed by atoms with Crippen LogP contribution in [-0.2, 0) is 19.1 Å². The van der Waals surface area contributed by atoms with Gasteiger partial charge in [-0.25, -0.2) is 0 Å². The minimum Gasteiger partial charge on any atom is -0.469 e. The van der Waals surface area contributed by atoms with Crippen LogP contribution >= 0.6 is 0 Å². The molecule has 5 nitrogen and oxygen atoms in total. The van der Waals surface area contributed by atoms with Gasteiger partial charge in [0.25, 0.3) is 0 Å². The van der Waals surface area contributed by atoms with E-state index in [-0.39, 0.29) is 11.9 Å². The fourth-order valence-electron chi connectivity index (χ4n) is 1.08. The summed E-state index contributed by atoms with van der Waals surface area (Å²) in [6.07, 6.45) is 1.46. The Morgan fingerprint density at radius 2 is 2.54 bits per heavy atom. The Balaban J connectivity index is 2.46. The van der Waals surface area contributed by atoms with Crippen LogP contribution in [0.15, 0.2) is 5.16 Å². The quantitative estimate of drug-likeness (QED) is 0.605. The number of nitrogens with zero attached hydrogens (tertiary/aromatic N) is 1. The number of hydrogen-bond acceptors (Lipinski definition) is 5. The van der Waals surface area contributed by atoms with Crippen molar-refractivity contribution in [2.75, 3.05) is 13.7 Å². The molecule has 0 aromatic heterocycles. The molecule has 0 aliphatic carbocycles. The molecule has 13 heavy (non-hydrogen) atoms. The molecule has 0 saturated heterocycles. The van der Waals surface area contributed by atoms with Crippen molar-refractivity contribution in [3.8, 4) is 0 Å². The van der Waals surface area contributed by atoms with Crippen LogP contribution in [0.1, 0.15) is 13.3 Å². The maximum Gasteiger partial charge on any atom is 0.314 e. The second-order valence-electron chi connectivity index (χ2n) is 2.61. The molecule has 1 aliphatic heterocycles. The molecule has 1 heterocycles. The summed E-state index contributed by atoms with van der Waals surface area (Å²) in [5.74, 6) is -0.660. The van der Waals surface area contributed by atoms with Crippen molar-refractivity contribution < 1.29 is 19.1 Å². The third-order valence-corrected chi connectivity index (χ3v) is 1.72. The van der Waals surface area contributed by atoms with Crippen molar-refractivity contribution in [2.45, 2.75) is 19.6 Å². The van der Waals surface area contributed by atoms with Gasteiger partial charge in [-0.15, -0.1) is 0 Å². The van der Waals surface area contributed by atoms with Gasteiger partial charge >= 0.3 is 5.97 Å². The van der Waals surface area contributed by atoms with Crippen molar-refractivity contribution >= 4 is 12.2 Å². The average molecular weight is 187 g/mol. The molecular weight excluding hydrogens is 174 g/mol. The molecule has 0 amide bonds. The standard InChI is InChI=1S/C8H13NO4/c1-3-12-7-4-6(5-9-13-7)8(10)11-2/h5-7H,3-4H2,1-2H3/t6-,7-/m0/s1. The lowest BCUT2D eigenvalue weighted by Crippen LogP contribution is -2.29. The molecule has 0 unspecified atom stereocenters. The summed E-state index contributed by atoms with van der Waals surface area (Å²) in [6, 6.07) is 0. The normalized spacial score (nSPS) is 26.6. The highest BCUT2D eigenvalue weighted by atomic mass is 16.8. The van der Waals surface area contributed by atoms with Gasteiger partial charge in [0, 0.05) is 13.0 Å². The maximum atomic E-state index is 11.1. The van der Waals surface area contributed by atoms with Crippen molar-refractivity contribution in [1.82, 2.24) is 0 Å². The SMILES string of the molecule is CCO[C@@H]1C[C@H](C(=O)OC)C=NO1. The van der Waals surface area contributed by atoms with E-state index in [2.05, 4.69) is 9.89 Å². The Kier molecular flexibility index (Phi) is 3.70. The molecule has 0 aromatic rings. The highest BCUT2D eigenvalue weighted by Crippen LogP contribution is 2.15. The monoisotopic (exact) mass is 187 g/mol. The van der Waals surface area contributed by atoms with E-state index in [1.54, 1.807) is 0 Å². The van der Waals surface area contributed by atoms with E-state index in [4.69, 9.17) is 9.57 Å². The molecule has 2 atom stereocenters. The second kappa shape index (κ2) is 4.81. The van der Waals surface area contributed by atoms with E-state index in [0.717, 1.165) is 0 Å². The van der Waals surface area contributed by atoms with Crippen LogP contribution in [0.3, 0.4) is 0 Å². The Morgan fingerprint density at radius 3 is 3.15 bits per heavy atom. The van der Waals surface area contributed by atoms with Crippen LogP contribution in [0.25, 0.3) is 0 Å². The van der Waals surface area contributed by atoms with Crippen LogP contribution in [0.4, 0.5) is 0 Å². The number of hydrogen-bond donors (Lipinski definition) is 0. The summed E-state index contributed by atoms with van der Waals surface area (Å²) >= 11 is 0. The number of ether oxygens (including phenoxy) is 2. The molecule has 1 aliphatic rings. The molecule has 0 spiro atoms. The fourth-order valence-corrected chi connectivity index (χ4v) is 1.08. The maximum absolute atomic E-state index is 11.1. The molecule has 5 heteroatoms. The minimum atomic E-state index is -0.431. The Morgan fingerprint density at radius 1 is 1.77 bits per heavy atom. The molecule has 0 N–H and O–H groups in total. The zero-order valence-electron chi connectivity index (χ0n) is 7.73. The summed E-state index contributed by atoms with van der Waals surface area (Å²) in [4.78, 5) is 16.0. The van der Waals surface area contributed by atoms with Crippen LogP contribution < -0.4 is 0 Å². The van der Waals surface area contributed by atoms with Crippen molar-refractivity contribution in [2.24, 2.45) is 11.1 Å². The number of methoxy groups -OCH3 is 1. The largest absolute Gasteiger partial charge is 0.469 e. The lowest BCUT2D eigenvalue weighted by molar-refractivity contribution is -0.165. The zero-order valence-corrected chi connectivity index (χ0v) is 7.73. The number of esters is 1. The van der Waals surface area contributed by atoms with E-state index in [0.29, 0.717) is 13.0 Å². The predicted molar refractivity (Wildman–Crippen MR) is 45.1 cm³/mol. The van der Waals surface area contributed by atoms with E-state index in [1.807, 2.05) is 6.92 Å².